The average molecular weight is 263 g/mol. The van der Waals surface area contributed by atoms with Gasteiger partial charge in [0.05, 0.1) is 18.6 Å². The van der Waals surface area contributed by atoms with E-state index in [1.165, 1.54) is 0 Å². The number of carbonyl (C=O) groups is 1. The van der Waals surface area contributed by atoms with Crippen LogP contribution in [0.1, 0.15) is 32.6 Å². The van der Waals surface area contributed by atoms with E-state index in [-0.39, 0.29) is 0 Å². The summed E-state index contributed by atoms with van der Waals surface area (Å²) in [5, 5.41) is 7.30. The molecule has 0 aliphatic rings. The van der Waals surface area contributed by atoms with E-state index >= 15 is 0 Å². The Morgan fingerprint density at radius 2 is 2.00 bits per heavy atom. The number of unbranched alkanes of at least 4 members (excludes halogenated alkanes) is 3. The first kappa shape index (κ1) is 15.0. The second kappa shape index (κ2) is 8.13. The van der Waals surface area contributed by atoms with Gasteiger partial charge in [0.2, 0.25) is 0 Å². The summed E-state index contributed by atoms with van der Waals surface area (Å²) in [7, 11) is 0. The van der Waals surface area contributed by atoms with Gasteiger partial charge in [-0.15, -0.1) is 0 Å². The zero-order valence-electron chi connectivity index (χ0n) is 11.3. The number of benzene rings is 1. The first-order valence-corrected chi connectivity index (χ1v) is 6.51. The van der Waals surface area contributed by atoms with Crippen molar-refractivity contribution in [1.29, 1.82) is 5.41 Å². The number of hydrogen-bond donors (Lipinski definition) is 2. The van der Waals surface area contributed by atoms with Crippen molar-refractivity contribution in [2.24, 2.45) is 0 Å². The van der Waals surface area contributed by atoms with Crippen LogP contribution in [-0.4, -0.2) is 19.0 Å². The van der Waals surface area contributed by atoms with E-state index in [1.807, 2.05) is 0 Å². The zero-order chi connectivity index (χ0) is 14.1. The Hall–Kier alpha value is -2.04. The molecule has 0 aliphatic heterocycles. The summed E-state index contributed by atoms with van der Waals surface area (Å²) >= 11 is 0. The maximum Gasteiger partial charge on any atom is 0.419 e. The van der Waals surface area contributed by atoms with Gasteiger partial charge in [0.15, 0.2) is 0 Å². The van der Waals surface area contributed by atoms with Gasteiger partial charge in [-0.05, 0) is 30.7 Å². The molecule has 104 valence electrons. The van der Waals surface area contributed by atoms with Gasteiger partial charge in [-0.25, -0.2) is 9.69 Å². The maximum atomic E-state index is 11.8. The van der Waals surface area contributed by atoms with Crippen LogP contribution in [0.3, 0.4) is 0 Å². The summed E-state index contributed by atoms with van der Waals surface area (Å²) < 4.78 is 5.13. The van der Waals surface area contributed by atoms with Gasteiger partial charge < -0.3 is 10.5 Å². The van der Waals surface area contributed by atoms with Crippen LogP contribution >= 0.6 is 0 Å². The quantitative estimate of drug-likeness (QED) is 0.342. The first-order valence-electron chi connectivity index (χ1n) is 6.51. The van der Waals surface area contributed by atoms with Crippen LogP contribution in [0.4, 0.5) is 16.2 Å². The van der Waals surface area contributed by atoms with Crippen molar-refractivity contribution >= 4 is 23.8 Å². The molecule has 0 heterocycles. The third-order valence-corrected chi connectivity index (χ3v) is 2.72. The first-order chi connectivity index (χ1) is 9.19. The average Bonchev–Trinajstić information content (AvgIpc) is 2.41. The summed E-state index contributed by atoms with van der Waals surface area (Å²) in [5.41, 5.74) is 6.76. The van der Waals surface area contributed by atoms with Crippen molar-refractivity contribution in [3.8, 4) is 0 Å². The smallest absolute Gasteiger partial charge is 0.419 e. The second-order valence-electron chi connectivity index (χ2n) is 4.27. The molecule has 5 heteroatoms. The van der Waals surface area contributed by atoms with Crippen LogP contribution in [0.2, 0.25) is 0 Å². The number of hydrogen-bond acceptors (Lipinski definition) is 4. The van der Waals surface area contributed by atoms with Gasteiger partial charge >= 0.3 is 6.09 Å². The molecule has 1 aromatic carbocycles. The van der Waals surface area contributed by atoms with Crippen LogP contribution < -0.4 is 10.6 Å². The van der Waals surface area contributed by atoms with E-state index in [0.29, 0.717) is 18.0 Å². The number of anilines is 2. The fraction of sp³-hybridized carbons (Fsp3) is 0.429. The lowest BCUT2D eigenvalue weighted by Crippen LogP contribution is -2.30. The van der Waals surface area contributed by atoms with E-state index in [2.05, 4.69) is 6.92 Å². The van der Waals surface area contributed by atoms with Crippen LogP contribution in [0.5, 0.6) is 0 Å². The number of amides is 1. The van der Waals surface area contributed by atoms with Gasteiger partial charge in [0.1, 0.15) is 0 Å². The Morgan fingerprint density at radius 3 is 2.58 bits per heavy atom. The molecule has 0 aromatic heterocycles. The standard InChI is InChI=1S/C14H21N3O2/c1-2-3-4-5-10-19-14(18)17(11-15)13-8-6-12(16)7-9-13/h6-9,11,15H,2-5,10,16H2,1H3. The Balaban J connectivity index is 2.48. The highest BCUT2D eigenvalue weighted by Gasteiger charge is 2.14. The molecule has 1 amide bonds. The molecule has 0 atom stereocenters. The third-order valence-electron chi connectivity index (χ3n) is 2.72. The normalized spacial score (nSPS) is 9.95. The summed E-state index contributed by atoms with van der Waals surface area (Å²) in [5.74, 6) is 0. The SMILES string of the molecule is CCCCCCOC(=O)N(C=N)c1ccc(N)cc1. The van der Waals surface area contributed by atoms with E-state index in [0.717, 1.165) is 36.9 Å². The Bertz CT molecular complexity index is 404. The van der Waals surface area contributed by atoms with Crippen LogP contribution in [0.15, 0.2) is 24.3 Å². The minimum atomic E-state index is -0.531. The highest BCUT2D eigenvalue weighted by Crippen LogP contribution is 2.16. The van der Waals surface area contributed by atoms with Gasteiger partial charge in [-0.1, -0.05) is 26.2 Å². The van der Waals surface area contributed by atoms with Crippen molar-refractivity contribution in [1.82, 2.24) is 0 Å². The van der Waals surface area contributed by atoms with Crippen molar-refractivity contribution in [2.75, 3.05) is 17.2 Å². The van der Waals surface area contributed by atoms with Gasteiger partial charge in [0.25, 0.3) is 0 Å². The van der Waals surface area contributed by atoms with E-state index in [9.17, 15) is 4.79 Å². The van der Waals surface area contributed by atoms with Crippen molar-refractivity contribution in [3.63, 3.8) is 0 Å². The molecule has 19 heavy (non-hydrogen) atoms. The number of carbonyl (C=O) groups excluding carboxylic acids is 1. The molecule has 0 spiro atoms. The lowest BCUT2D eigenvalue weighted by atomic mass is 10.2. The summed E-state index contributed by atoms with van der Waals surface area (Å²) in [6.45, 7) is 2.52. The molecule has 0 unspecified atom stereocenters. The number of ether oxygens (including phenoxy) is 1. The fourth-order valence-electron chi connectivity index (χ4n) is 1.63. The van der Waals surface area contributed by atoms with Crippen LogP contribution in [-0.2, 0) is 4.74 Å². The number of nitrogens with one attached hydrogen (secondary N) is 1. The molecular formula is C14H21N3O2. The Labute approximate surface area is 113 Å². The monoisotopic (exact) mass is 263 g/mol. The third kappa shape index (κ3) is 4.99. The van der Waals surface area contributed by atoms with E-state index in [4.69, 9.17) is 15.9 Å². The molecule has 0 radical (unpaired) electrons. The number of rotatable bonds is 7. The van der Waals surface area contributed by atoms with Crippen LogP contribution in [0.25, 0.3) is 0 Å². The molecule has 0 saturated carbocycles. The molecular weight excluding hydrogens is 242 g/mol. The molecule has 1 aromatic rings. The predicted molar refractivity (Wildman–Crippen MR) is 77.6 cm³/mol. The lowest BCUT2D eigenvalue weighted by Gasteiger charge is -2.16. The number of nitrogens with zero attached hydrogens (tertiary/aromatic N) is 1. The topological polar surface area (TPSA) is 79.4 Å². The summed E-state index contributed by atoms with van der Waals surface area (Å²) in [6, 6.07) is 6.72. The van der Waals surface area contributed by atoms with Gasteiger partial charge in [-0.2, -0.15) is 0 Å². The molecule has 0 fully saturated rings. The molecule has 0 aliphatic carbocycles. The van der Waals surface area contributed by atoms with E-state index < -0.39 is 6.09 Å². The minimum Gasteiger partial charge on any atom is -0.449 e. The molecule has 0 bridgehead atoms. The fourth-order valence-corrected chi connectivity index (χ4v) is 1.63. The van der Waals surface area contributed by atoms with Crippen molar-refractivity contribution in [2.45, 2.75) is 32.6 Å². The van der Waals surface area contributed by atoms with Gasteiger partial charge in [-0.3, -0.25) is 5.41 Å². The zero-order valence-corrected chi connectivity index (χ0v) is 11.3. The second-order valence-corrected chi connectivity index (χ2v) is 4.27. The molecule has 0 saturated heterocycles. The van der Waals surface area contributed by atoms with Crippen LogP contribution in [0, 0.1) is 5.41 Å². The predicted octanol–water partition coefficient (Wildman–Crippen LogP) is 3.40. The van der Waals surface area contributed by atoms with E-state index in [1.54, 1.807) is 24.3 Å². The maximum absolute atomic E-state index is 11.8. The molecule has 3 N–H and O–H groups in total. The Kier molecular flexibility index (Phi) is 6.43. The number of nitrogen functional groups attached to an aromatic ring is 1. The molecule has 5 nitrogen and oxygen atoms in total. The summed E-state index contributed by atoms with van der Waals surface area (Å²) in [4.78, 5) is 13.0. The van der Waals surface area contributed by atoms with Crippen molar-refractivity contribution in [3.05, 3.63) is 24.3 Å². The largest absolute Gasteiger partial charge is 0.449 e. The molecule has 1 rings (SSSR count). The number of nitrogens with two attached hydrogens (primary N) is 1. The summed E-state index contributed by atoms with van der Waals surface area (Å²) in [6.07, 6.45) is 4.61. The van der Waals surface area contributed by atoms with Crippen molar-refractivity contribution < 1.29 is 9.53 Å². The highest BCUT2D eigenvalue weighted by molar-refractivity contribution is 6.04. The minimum absolute atomic E-state index is 0.387. The van der Waals surface area contributed by atoms with Gasteiger partial charge in [0, 0.05) is 5.69 Å². The lowest BCUT2D eigenvalue weighted by molar-refractivity contribution is 0.155. The Morgan fingerprint density at radius 1 is 1.32 bits per heavy atom. The highest BCUT2D eigenvalue weighted by atomic mass is 16.6.